The van der Waals surface area contributed by atoms with Crippen LogP contribution >= 0.6 is 0 Å². The van der Waals surface area contributed by atoms with Gasteiger partial charge in [-0.25, -0.2) is 4.98 Å². The Balaban J connectivity index is 2.31. The molecule has 0 aliphatic rings. The quantitative estimate of drug-likeness (QED) is 0.802. The Morgan fingerprint density at radius 2 is 2.00 bits per heavy atom. The Morgan fingerprint density at radius 3 is 2.57 bits per heavy atom. The van der Waals surface area contributed by atoms with E-state index in [-0.39, 0.29) is 0 Å². The standard InChI is InChI=1S/C16H24N4O2S/c1-4-5-12-20(3)23(21,22)18-15(14-9-7-6-8-10-14)16-17-11-13-19(16)2/h6-11,13,15,18H,4-5,12H2,1-3H3/t15-/m0/s1. The summed E-state index contributed by atoms with van der Waals surface area (Å²) < 4.78 is 31.2. The van der Waals surface area contributed by atoms with Crippen LogP contribution in [-0.2, 0) is 17.3 Å². The zero-order chi connectivity index (χ0) is 16.9. The van der Waals surface area contributed by atoms with Crippen LogP contribution in [0.25, 0.3) is 0 Å². The average Bonchev–Trinajstić information content (AvgIpc) is 2.97. The van der Waals surface area contributed by atoms with Crippen molar-refractivity contribution in [3.05, 3.63) is 54.1 Å². The molecule has 126 valence electrons. The van der Waals surface area contributed by atoms with Gasteiger partial charge in [0.2, 0.25) is 0 Å². The molecule has 0 amide bonds. The van der Waals surface area contributed by atoms with Crippen LogP contribution in [0.2, 0.25) is 0 Å². The van der Waals surface area contributed by atoms with Gasteiger partial charge in [0.05, 0.1) is 0 Å². The number of aromatic nitrogens is 2. The normalized spacial score (nSPS) is 13.4. The highest BCUT2D eigenvalue weighted by molar-refractivity contribution is 7.87. The topological polar surface area (TPSA) is 67.2 Å². The number of hydrogen-bond acceptors (Lipinski definition) is 3. The number of hydrogen-bond donors (Lipinski definition) is 1. The number of aryl methyl sites for hydroxylation is 1. The minimum atomic E-state index is -3.59. The van der Waals surface area contributed by atoms with Crippen molar-refractivity contribution in [3.8, 4) is 0 Å². The lowest BCUT2D eigenvalue weighted by atomic mass is 10.1. The van der Waals surface area contributed by atoms with Crippen LogP contribution in [0.15, 0.2) is 42.7 Å². The molecule has 0 unspecified atom stereocenters. The van der Waals surface area contributed by atoms with Crippen LogP contribution in [0.3, 0.4) is 0 Å². The lowest BCUT2D eigenvalue weighted by Gasteiger charge is -2.23. The lowest BCUT2D eigenvalue weighted by Crippen LogP contribution is -2.41. The van der Waals surface area contributed by atoms with E-state index in [4.69, 9.17) is 0 Å². The molecule has 1 N–H and O–H groups in total. The van der Waals surface area contributed by atoms with Crippen LogP contribution in [0.5, 0.6) is 0 Å². The second-order valence-electron chi connectivity index (χ2n) is 5.54. The maximum Gasteiger partial charge on any atom is 0.280 e. The van der Waals surface area contributed by atoms with Crippen LogP contribution in [-0.4, -0.2) is 35.9 Å². The van der Waals surface area contributed by atoms with E-state index >= 15 is 0 Å². The van der Waals surface area contributed by atoms with Crippen molar-refractivity contribution in [2.24, 2.45) is 7.05 Å². The minimum Gasteiger partial charge on any atom is -0.336 e. The van der Waals surface area contributed by atoms with Gasteiger partial charge >= 0.3 is 0 Å². The highest BCUT2D eigenvalue weighted by Gasteiger charge is 2.26. The number of nitrogens with one attached hydrogen (secondary N) is 1. The van der Waals surface area contributed by atoms with E-state index in [1.807, 2.05) is 48.9 Å². The molecular formula is C16H24N4O2S. The Bertz CT molecular complexity index is 713. The highest BCUT2D eigenvalue weighted by atomic mass is 32.2. The largest absolute Gasteiger partial charge is 0.336 e. The molecule has 23 heavy (non-hydrogen) atoms. The van der Waals surface area contributed by atoms with Gasteiger partial charge < -0.3 is 4.57 Å². The predicted octanol–water partition coefficient (Wildman–Crippen LogP) is 2.08. The molecule has 2 rings (SSSR count). The molecule has 7 heteroatoms. The first kappa shape index (κ1) is 17.7. The molecule has 0 saturated heterocycles. The third kappa shape index (κ3) is 4.40. The van der Waals surface area contributed by atoms with E-state index in [1.54, 1.807) is 19.4 Å². The van der Waals surface area contributed by atoms with Gasteiger partial charge in [-0.1, -0.05) is 43.7 Å². The van der Waals surface area contributed by atoms with E-state index in [2.05, 4.69) is 9.71 Å². The third-order valence-electron chi connectivity index (χ3n) is 3.75. The number of nitrogens with zero attached hydrogens (tertiary/aromatic N) is 3. The molecule has 0 saturated carbocycles. The summed E-state index contributed by atoms with van der Waals surface area (Å²) in [7, 11) is -0.142. The second-order valence-corrected chi connectivity index (χ2v) is 7.35. The Labute approximate surface area is 138 Å². The predicted molar refractivity (Wildman–Crippen MR) is 91.1 cm³/mol. The molecule has 0 fully saturated rings. The monoisotopic (exact) mass is 336 g/mol. The first-order valence-electron chi connectivity index (χ1n) is 7.71. The fraction of sp³-hybridized carbons (Fsp3) is 0.438. The maximum absolute atomic E-state index is 12.6. The summed E-state index contributed by atoms with van der Waals surface area (Å²) in [6, 6.07) is 8.95. The molecule has 0 bridgehead atoms. The van der Waals surface area contributed by atoms with E-state index in [0.29, 0.717) is 12.4 Å². The summed E-state index contributed by atoms with van der Waals surface area (Å²) in [4.78, 5) is 4.32. The van der Waals surface area contributed by atoms with Gasteiger partial charge in [-0.2, -0.15) is 17.4 Å². The molecule has 1 heterocycles. The molecule has 2 aromatic rings. The molecule has 6 nitrogen and oxygen atoms in total. The van der Waals surface area contributed by atoms with E-state index in [9.17, 15) is 8.42 Å². The summed E-state index contributed by atoms with van der Waals surface area (Å²) in [5.74, 6) is 0.656. The molecule has 0 spiro atoms. The van der Waals surface area contributed by atoms with Crippen LogP contribution in [0, 0.1) is 0 Å². The molecular weight excluding hydrogens is 312 g/mol. The van der Waals surface area contributed by atoms with Crippen molar-refractivity contribution in [3.63, 3.8) is 0 Å². The maximum atomic E-state index is 12.6. The van der Waals surface area contributed by atoms with Crippen molar-refractivity contribution in [1.29, 1.82) is 0 Å². The number of imidazole rings is 1. The molecule has 0 radical (unpaired) electrons. The highest BCUT2D eigenvalue weighted by Crippen LogP contribution is 2.21. The van der Waals surface area contributed by atoms with E-state index in [1.165, 1.54) is 4.31 Å². The van der Waals surface area contributed by atoms with Gasteiger partial charge in [0.25, 0.3) is 10.2 Å². The van der Waals surface area contributed by atoms with Gasteiger partial charge in [0.1, 0.15) is 11.9 Å². The molecule has 1 atom stereocenters. The zero-order valence-electron chi connectivity index (χ0n) is 13.8. The zero-order valence-corrected chi connectivity index (χ0v) is 14.6. The van der Waals surface area contributed by atoms with Crippen molar-refractivity contribution in [1.82, 2.24) is 18.6 Å². The Kier molecular flexibility index (Phi) is 5.92. The summed E-state index contributed by atoms with van der Waals surface area (Å²) in [6.07, 6.45) is 5.25. The fourth-order valence-electron chi connectivity index (χ4n) is 2.31. The van der Waals surface area contributed by atoms with Gasteiger partial charge in [-0.05, 0) is 12.0 Å². The third-order valence-corrected chi connectivity index (χ3v) is 5.29. The van der Waals surface area contributed by atoms with Crippen LogP contribution in [0.1, 0.15) is 37.2 Å². The van der Waals surface area contributed by atoms with E-state index in [0.717, 1.165) is 18.4 Å². The van der Waals surface area contributed by atoms with Gasteiger partial charge in [-0.15, -0.1) is 0 Å². The Hall–Kier alpha value is -1.70. The van der Waals surface area contributed by atoms with E-state index < -0.39 is 16.3 Å². The smallest absolute Gasteiger partial charge is 0.280 e. The molecule has 0 aliphatic heterocycles. The lowest BCUT2D eigenvalue weighted by molar-refractivity contribution is 0.442. The first-order valence-corrected chi connectivity index (χ1v) is 9.15. The summed E-state index contributed by atoms with van der Waals surface area (Å²) in [5.41, 5.74) is 0.856. The van der Waals surface area contributed by atoms with Crippen molar-refractivity contribution in [2.75, 3.05) is 13.6 Å². The van der Waals surface area contributed by atoms with Crippen LogP contribution in [0.4, 0.5) is 0 Å². The summed E-state index contributed by atoms with van der Waals surface area (Å²) >= 11 is 0. The SMILES string of the molecule is CCCCN(C)S(=O)(=O)N[C@@H](c1ccccc1)c1nccn1C. The summed E-state index contributed by atoms with van der Waals surface area (Å²) in [5, 5.41) is 0. The average molecular weight is 336 g/mol. The van der Waals surface area contributed by atoms with Crippen molar-refractivity contribution >= 4 is 10.2 Å². The second kappa shape index (κ2) is 7.72. The Morgan fingerprint density at radius 1 is 1.30 bits per heavy atom. The number of rotatable bonds is 8. The molecule has 1 aromatic heterocycles. The first-order chi connectivity index (χ1) is 11.0. The van der Waals surface area contributed by atoms with Crippen molar-refractivity contribution in [2.45, 2.75) is 25.8 Å². The van der Waals surface area contributed by atoms with Crippen molar-refractivity contribution < 1.29 is 8.42 Å². The van der Waals surface area contributed by atoms with Crippen LogP contribution < -0.4 is 4.72 Å². The summed E-state index contributed by atoms with van der Waals surface area (Å²) in [6.45, 7) is 2.53. The molecule has 0 aliphatic carbocycles. The van der Waals surface area contributed by atoms with Gasteiger partial charge in [-0.3, -0.25) is 0 Å². The van der Waals surface area contributed by atoms with Gasteiger partial charge in [0.15, 0.2) is 0 Å². The number of unbranched alkanes of at least 4 members (excludes halogenated alkanes) is 1. The van der Waals surface area contributed by atoms with Gasteiger partial charge in [0, 0.05) is 33.0 Å². The number of benzene rings is 1. The minimum absolute atomic E-state index is 0.494. The fourth-order valence-corrected chi connectivity index (χ4v) is 3.40. The molecule has 1 aromatic carbocycles.